The number of nitrogens with zero attached hydrogens (tertiary/aromatic N) is 1. The minimum absolute atomic E-state index is 0.0970. The summed E-state index contributed by atoms with van der Waals surface area (Å²) in [4.78, 5) is 39.8. The zero-order valence-corrected chi connectivity index (χ0v) is 36.8. The summed E-state index contributed by atoms with van der Waals surface area (Å²) in [7, 11) is 0. The molecular formula is C46H81N3O6. The number of carbonyl (C=O) groups is 3. The molecule has 0 radical (unpaired) electrons. The molecule has 9 heteroatoms. The maximum atomic E-state index is 13.8. The van der Waals surface area contributed by atoms with E-state index in [1.54, 1.807) is 0 Å². The van der Waals surface area contributed by atoms with Crippen LogP contribution in [0.15, 0.2) is 11.6 Å². The summed E-state index contributed by atoms with van der Waals surface area (Å²) >= 11 is 0. The average Bonchev–Trinajstić information content (AvgIpc) is 3.41. The Morgan fingerprint density at radius 1 is 0.782 bits per heavy atom. The molecule has 3 fully saturated rings. The Labute approximate surface area is 335 Å². The Bertz CT molecular complexity index is 1280. The molecule has 9 nitrogen and oxygen atoms in total. The highest BCUT2D eigenvalue weighted by molar-refractivity contribution is 5.68. The number of hydrogen-bond donors (Lipinski definition) is 2. The fraction of sp³-hybridized carbons (Fsp3) is 0.891. The van der Waals surface area contributed by atoms with Gasteiger partial charge in [-0.2, -0.15) is 0 Å². The van der Waals surface area contributed by atoms with Gasteiger partial charge in [-0.05, 0) is 153 Å². The van der Waals surface area contributed by atoms with Crippen molar-refractivity contribution in [2.45, 2.75) is 196 Å². The van der Waals surface area contributed by atoms with Crippen molar-refractivity contribution in [3.63, 3.8) is 0 Å². The predicted molar refractivity (Wildman–Crippen MR) is 222 cm³/mol. The van der Waals surface area contributed by atoms with Gasteiger partial charge in [-0.15, -0.1) is 0 Å². The smallest absolute Gasteiger partial charge is 0.410 e. The number of alkyl carbamates (subject to hydrolysis) is 2. The van der Waals surface area contributed by atoms with Gasteiger partial charge in [0.25, 0.3) is 0 Å². The molecule has 0 saturated heterocycles. The van der Waals surface area contributed by atoms with Gasteiger partial charge < -0.3 is 29.7 Å². The molecule has 0 aliphatic heterocycles. The Morgan fingerprint density at radius 2 is 1.42 bits per heavy atom. The average molecular weight is 772 g/mol. The van der Waals surface area contributed by atoms with Crippen LogP contribution >= 0.6 is 0 Å². The molecule has 0 spiro atoms. The normalized spacial score (nSPS) is 29.0. The lowest BCUT2D eigenvalue weighted by molar-refractivity contribution is -0.0534. The van der Waals surface area contributed by atoms with Crippen LogP contribution in [0, 0.1) is 40.4 Å². The van der Waals surface area contributed by atoms with E-state index in [2.05, 4.69) is 44.4 Å². The number of fused-ring (bicyclic) bond motifs is 5. The van der Waals surface area contributed by atoms with Crippen LogP contribution in [0.2, 0.25) is 0 Å². The maximum absolute atomic E-state index is 13.8. The molecule has 4 rings (SSSR count). The first kappa shape index (κ1) is 45.3. The Hall–Kier alpha value is -2.45. The van der Waals surface area contributed by atoms with Crippen LogP contribution in [0.25, 0.3) is 0 Å². The van der Waals surface area contributed by atoms with Crippen molar-refractivity contribution >= 4 is 18.3 Å². The zero-order chi connectivity index (χ0) is 40.4. The second-order valence-corrected chi connectivity index (χ2v) is 20.6. The lowest BCUT2D eigenvalue weighted by Crippen LogP contribution is -2.50. The molecule has 2 N–H and O–H groups in total. The molecule has 7 unspecified atom stereocenters. The summed E-state index contributed by atoms with van der Waals surface area (Å²) in [5, 5.41) is 5.65. The van der Waals surface area contributed by atoms with E-state index in [0.717, 1.165) is 74.5 Å². The van der Waals surface area contributed by atoms with E-state index in [4.69, 9.17) is 14.2 Å². The van der Waals surface area contributed by atoms with E-state index >= 15 is 0 Å². The number of allylic oxidation sites excluding steroid dienone is 1. The first-order valence-corrected chi connectivity index (χ1v) is 22.4. The highest BCUT2D eigenvalue weighted by Gasteiger charge is 2.58. The molecule has 3 saturated carbocycles. The van der Waals surface area contributed by atoms with E-state index in [1.165, 1.54) is 63.4 Å². The number of unbranched alkanes of at least 4 members (excludes halogenated alkanes) is 4. The van der Waals surface area contributed by atoms with Crippen molar-refractivity contribution in [2.24, 2.45) is 40.4 Å². The molecule has 4 aliphatic rings. The molecule has 7 atom stereocenters. The quantitative estimate of drug-likeness (QED) is 0.0866. The standard InChI is InChI=1S/C46H81N3O6/c1-33(2)18-13-14-19-34-21-23-38-37-22-20-35-32-36(24-26-46(35,10)39(37)25-27-45(34,38)9)53-42(52)49(31-17-29-48-41(51)55-44(6,7)8)30-16-12-11-15-28-47-40(50)54-43(3,4)5/h20,33-34,36-39H,11-19,21-32H2,1-10H3,(H,47,50)(H,48,51). The Morgan fingerprint density at radius 3 is 2.07 bits per heavy atom. The number of rotatable bonds is 17. The summed E-state index contributed by atoms with van der Waals surface area (Å²) in [5.74, 6) is 4.11. The van der Waals surface area contributed by atoms with Crippen LogP contribution in [0.1, 0.15) is 178 Å². The number of carbonyl (C=O) groups excluding carboxylic acids is 3. The van der Waals surface area contributed by atoms with Crippen LogP contribution < -0.4 is 10.6 Å². The van der Waals surface area contributed by atoms with Crippen molar-refractivity contribution in [2.75, 3.05) is 26.2 Å². The first-order valence-electron chi connectivity index (χ1n) is 22.4. The second-order valence-electron chi connectivity index (χ2n) is 20.6. The van der Waals surface area contributed by atoms with E-state index in [-0.39, 0.29) is 23.7 Å². The zero-order valence-electron chi connectivity index (χ0n) is 36.8. The summed E-state index contributed by atoms with van der Waals surface area (Å²) in [6, 6.07) is 0. The largest absolute Gasteiger partial charge is 0.446 e. The van der Waals surface area contributed by atoms with Crippen LogP contribution in [-0.2, 0) is 14.2 Å². The van der Waals surface area contributed by atoms with Gasteiger partial charge in [-0.1, -0.05) is 71.4 Å². The minimum Gasteiger partial charge on any atom is -0.446 e. The first-order chi connectivity index (χ1) is 25.8. The van der Waals surface area contributed by atoms with Crippen LogP contribution in [-0.4, -0.2) is 66.7 Å². The molecule has 0 heterocycles. The van der Waals surface area contributed by atoms with E-state index in [1.807, 2.05) is 46.4 Å². The molecule has 3 amide bonds. The SMILES string of the molecule is CC(C)CCCCC1CCC2C3CC=C4CC(OC(=O)N(CCCCCCNC(=O)OC(C)(C)C)CCCNC(=O)OC(C)(C)C)CCC4(C)C3CCC12C. The summed E-state index contributed by atoms with van der Waals surface area (Å²) in [6.07, 6.45) is 20.8. The van der Waals surface area contributed by atoms with Gasteiger partial charge in [0, 0.05) is 32.6 Å². The number of hydrogen-bond acceptors (Lipinski definition) is 6. The lowest BCUT2D eigenvalue weighted by Gasteiger charge is -2.58. The van der Waals surface area contributed by atoms with E-state index in [9.17, 15) is 14.4 Å². The van der Waals surface area contributed by atoms with Crippen molar-refractivity contribution in [1.82, 2.24) is 15.5 Å². The van der Waals surface area contributed by atoms with Gasteiger partial charge in [0.2, 0.25) is 0 Å². The number of nitrogens with one attached hydrogen (secondary N) is 2. The highest BCUT2D eigenvalue weighted by atomic mass is 16.6. The minimum atomic E-state index is -0.559. The van der Waals surface area contributed by atoms with Crippen molar-refractivity contribution in [3.05, 3.63) is 11.6 Å². The highest BCUT2D eigenvalue weighted by Crippen LogP contribution is 2.66. The molecule has 4 aliphatic carbocycles. The third kappa shape index (κ3) is 13.3. The second kappa shape index (κ2) is 19.8. The molecule has 0 aromatic carbocycles. The third-order valence-electron chi connectivity index (χ3n) is 13.7. The Kier molecular flexibility index (Phi) is 16.3. The lowest BCUT2D eigenvalue weighted by atomic mass is 9.47. The Balaban J connectivity index is 1.29. The van der Waals surface area contributed by atoms with E-state index < -0.39 is 17.3 Å². The van der Waals surface area contributed by atoms with Gasteiger partial charge in [0.15, 0.2) is 0 Å². The van der Waals surface area contributed by atoms with Crippen molar-refractivity contribution < 1.29 is 28.6 Å². The summed E-state index contributed by atoms with van der Waals surface area (Å²) < 4.78 is 17.0. The topological polar surface area (TPSA) is 106 Å². The van der Waals surface area contributed by atoms with E-state index in [0.29, 0.717) is 38.0 Å². The molecule has 0 bridgehead atoms. The number of amides is 3. The van der Waals surface area contributed by atoms with Crippen molar-refractivity contribution in [3.8, 4) is 0 Å². The molecule has 0 aromatic rings. The molecule has 55 heavy (non-hydrogen) atoms. The monoisotopic (exact) mass is 772 g/mol. The van der Waals surface area contributed by atoms with Gasteiger partial charge in [-0.25, -0.2) is 14.4 Å². The van der Waals surface area contributed by atoms with Crippen LogP contribution in [0.3, 0.4) is 0 Å². The molecular weight excluding hydrogens is 691 g/mol. The molecule has 316 valence electrons. The maximum Gasteiger partial charge on any atom is 0.410 e. The fourth-order valence-corrected chi connectivity index (χ4v) is 10.8. The predicted octanol–water partition coefficient (Wildman–Crippen LogP) is 11.6. The van der Waals surface area contributed by atoms with Crippen LogP contribution in [0.5, 0.6) is 0 Å². The fourth-order valence-electron chi connectivity index (χ4n) is 10.8. The third-order valence-corrected chi connectivity index (χ3v) is 13.7. The van der Waals surface area contributed by atoms with Gasteiger partial charge >= 0.3 is 18.3 Å². The molecule has 0 aromatic heterocycles. The van der Waals surface area contributed by atoms with Crippen LogP contribution in [0.4, 0.5) is 14.4 Å². The van der Waals surface area contributed by atoms with Gasteiger partial charge in [0.05, 0.1) is 0 Å². The van der Waals surface area contributed by atoms with Crippen molar-refractivity contribution in [1.29, 1.82) is 0 Å². The number of ether oxygens (including phenoxy) is 3. The van der Waals surface area contributed by atoms with Gasteiger partial charge in [0.1, 0.15) is 17.3 Å². The van der Waals surface area contributed by atoms with Gasteiger partial charge in [-0.3, -0.25) is 0 Å². The summed E-state index contributed by atoms with van der Waals surface area (Å²) in [6.45, 7) is 23.1. The summed E-state index contributed by atoms with van der Waals surface area (Å²) in [5.41, 5.74) is 1.20.